The molecule has 2 amide bonds. The molecule has 1 aliphatic heterocycles. The molecule has 0 aliphatic carbocycles. The Morgan fingerprint density at radius 3 is 2.75 bits per heavy atom. The van der Waals surface area contributed by atoms with Crippen LogP contribution in [0.2, 0.25) is 0 Å². The number of rotatable bonds is 2. The van der Waals surface area contributed by atoms with E-state index in [0.717, 1.165) is 0 Å². The number of ketones is 1. The zero-order chi connectivity index (χ0) is 9.14. The van der Waals surface area contributed by atoms with E-state index in [9.17, 15) is 9.59 Å². The molecule has 12 heavy (non-hydrogen) atoms. The Morgan fingerprint density at radius 2 is 2.25 bits per heavy atom. The summed E-state index contributed by atoms with van der Waals surface area (Å²) in [4.78, 5) is 22.2. The first kappa shape index (κ1) is 9.03. The molecule has 0 aromatic rings. The molecule has 0 radical (unpaired) electrons. The first-order chi connectivity index (χ1) is 5.61. The maximum Gasteiger partial charge on any atom is 0.315 e. The molecule has 0 spiro atoms. The normalized spacial score (nSPS) is 23.2. The summed E-state index contributed by atoms with van der Waals surface area (Å²) in [6.07, 6.45) is 0.697. The predicted molar refractivity (Wildman–Crippen MR) is 44.8 cm³/mol. The van der Waals surface area contributed by atoms with Gasteiger partial charge in [0.2, 0.25) is 0 Å². The zero-order valence-corrected chi connectivity index (χ0v) is 7.39. The van der Waals surface area contributed by atoms with Crippen molar-refractivity contribution in [3.8, 4) is 0 Å². The van der Waals surface area contributed by atoms with Crippen LogP contribution in [0.3, 0.4) is 0 Å². The second kappa shape index (κ2) is 3.56. The minimum atomic E-state index is -0.279. The molecule has 1 aliphatic rings. The van der Waals surface area contributed by atoms with E-state index in [1.54, 1.807) is 0 Å². The molecule has 1 rings (SSSR count). The van der Waals surface area contributed by atoms with Crippen LogP contribution < -0.4 is 10.6 Å². The van der Waals surface area contributed by atoms with Crippen molar-refractivity contribution < 1.29 is 9.59 Å². The number of carbonyl (C=O) groups excluding carboxylic acids is 2. The molecular formula is C8H14N2O2. The summed E-state index contributed by atoms with van der Waals surface area (Å²) in [5.41, 5.74) is 0. The fourth-order valence-corrected chi connectivity index (χ4v) is 1.23. The van der Waals surface area contributed by atoms with Crippen LogP contribution in [0.15, 0.2) is 0 Å². The van der Waals surface area contributed by atoms with Crippen LogP contribution in [0.25, 0.3) is 0 Å². The zero-order valence-electron chi connectivity index (χ0n) is 7.39. The van der Waals surface area contributed by atoms with Gasteiger partial charge in [-0.05, 0) is 6.42 Å². The van der Waals surface area contributed by atoms with E-state index in [0.29, 0.717) is 13.0 Å². The molecule has 0 bridgehead atoms. The highest BCUT2D eigenvalue weighted by Crippen LogP contribution is 2.05. The lowest BCUT2D eigenvalue weighted by Gasteiger charge is -2.24. The maximum absolute atomic E-state index is 11.4. The van der Waals surface area contributed by atoms with E-state index in [1.165, 1.54) is 0 Å². The van der Waals surface area contributed by atoms with E-state index < -0.39 is 0 Å². The Labute approximate surface area is 71.7 Å². The lowest BCUT2D eigenvalue weighted by molar-refractivity contribution is -0.124. The number of urea groups is 1. The predicted octanol–water partition coefficient (Wildman–Crippen LogP) is 0.283. The number of Topliss-reactive ketones (excluding diaryl/α,β-unsaturated/α-hetero) is 1. The topological polar surface area (TPSA) is 58.2 Å². The molecular weight excluding hydrogens is 156 g/mol. The summed E-state index contributed by atoms with van der Waals surface area (Å²) in [6.45, 7) is 4.28. The summed E-state index contributed by atoms with van der Waals surface area (Å²) in [7, 11) is 0. The van der Waals surface area contributed by atoms with Crippen LogP contribution in [0, 0.1) is 5.92 Å². The molecule has 0 saturated carbocycles. The van der Waals surface area contributed by atoms with Crippen molar-refractivity contribution in [3.05, 3.63) is 0 Å². The van der Waals surface area contributed by atoms with Gasteiger partial charge in [0, 0.05) is 12.5 Å². The molecule has 1 saturated heterocycles. The summed E-state index contributed by atoms with van der Waals surface area (Å²) < 4.78 is 0. The molecule has 1 heterocycles. The molecule has 0 aromatic carbocycles. The van der Waals surface area contributed by atoms with E-state index in [4.69, 9.17) is 0 Å². The van der Waals surface area contributed by atoms with Gasteiger partial charge in [0.05, 0.1) is 6.04 Å². The Bertz CT molecular complexity index is 201. The minimum absolute atomic E-state index is 0.00611. The Balaban J connectivity index is 2.51. The third-order valence-electron chi connectivity index (χ3n) is 1.94. The van der Waals surface area contributed by atoms with Gasteiger partial charge >= 0.3 is 6.03 Å². The standard InChI is InChI=1S/C8H14N2O2/c1-5(2)7(11)6-3-4-9-8(12)10-6/h5-6H,3-4H2,1-2H3,(H2,9,10,12). The van der Waals surface area contributed by atoms with Gasteiger partial charge in [-0.25, -0.2) is 4.79 Å². The van der Waals surface area contributed by atoms with Crippen molar-refractivity contribution in [2.75, 3.05) is 6.54 Å². The van der Waals surface area contributed by atoms with Gasteiger partial charge < -0.3 is 10.6 Å². The third-order valence-corrected chi connectivity index (χ3v) is 1.94. The highest BCUT2D eigenvalue weighted by Gasteiger charge is 2.25. The van der Waals surface area contributed by atoms with Crippen molar-refractivity contribution >= 4 is 11.8 Å². The second-order valence-corrected chi connectivity index (χ2v) is 3.30. The SMILES string of the molecule is CC(C)C(=O)C1CCNC(=O)N1. The van der Waals surface area contributed by atoms with Crippen molar-refractivity contribution in [1.29, 1.82) is 0 Å². The van der Waals surface area contributed by atoms with E-state index in [1.807, 2.05) is 13.8 Å². The van der Waals surface area contributed by atoms with Crippen LogP contribution in [-0.2, 0) is 4.79 Å². The summed E-state index contributed by atoms with van der Waals surface area (Å²) in [5.74, 6) is 0.109. The summed E-state index contributed by atoms with van der Waals surface area (Å²) in [6, 6.07) is -0.515. The monoisotopic (exact) mass is 170 g/mol. The minimum Gasteiger partial charge on any atom is -0.338 e. The smallest absolute Gasteiger partial charge is 0.315 e. The molecule has 1 fully saturated rings. The van der Waals surface area contributed by atoms with E-state index in [-0.39, 0.29) is 23.8 Å². The van der Waals surface area contributed by atoms with Gasteiger partial charge in [-0.1, -0.05) is 13.8 Å². The number of nitrogens with one attached hydrogen (secondary N) is 2. The molecule has 1 unspecified atom stereocenters. The molecule has 4 nitrogen and oxygen atoms in total. The first-order valence-corrected chi connectivity index (χ1v) is 4.19. The number of amides is 2. The summed E-state index contributed by atoms with van der Waals surface area (Å²) in [5, 5.41) is 5.20. The van der Waals surface area contributed by atoms with E-state index in [2.05, 4.69) is 10.6 Å². The van der Waals surface area contributed by atoms with Crippen LogP contribution in [-0.4, -0.2) is 24.4 Å². The third kappa shape index (κ3) is 1.96. The first-order valence-electron chi connectivity index (χ1n) is 4.19. The van der Waals surface area contributed by atoms with Crippen LogP contribution in [0.4, 0.5) is 4.79 Å². The molecule has 4 heteroatoms. The van der Waals surface area contributed by atoms with Gasteiger partial charge in [0.1, 0.15) is 0 Å². The quantitative estimate of drug-likeness (QED) is 0.625. The number of hydrogen-bond donors (Lipinski definition) is 2. The highest BCUT2D eigenvalue weighted by atomic mass is 16.2. The molecule has 68 valence electrons. The highest BCUT2D eigenvalue weighted by molar-refractivity contribution is 5.90. The van der Waals surface area contributed by atoms with Crippen molar-refractivity contribution in [3.63, 3.8) is 0 Å². The average Bonchev–Trinajstić information content (AvgIpc) is 2.03. The Morgan fingerprint density at radius 1 is 1.58 bits per heavy atom. The lowest BCUT2D eigenvalue weighted by atomic mass is 9.98. The van der Waals surface area contributed by atoms with Crippen molar-refractivity contribution in [2.24, 2.45) is 5.92 Å². The maximum atomic E-state index is 11.4. The van der Waals surface area contributed by atoms with Crippen molar-refractivity contribution in [1.82, 2.24) is 10.6 Å². The molecule has 1 atom stereocenters. The van der Waals surface area contributed by atoms with Gasteiger partial charge in [0.15, 0.2) is 5.78 Å². The number of hydrogen-bond acceptors (Lipinski definition) is 2. The van der Waals surface area contributed by atoms with Gasteiger partial charge in [-0.3, -0.25) is 4.79 Å². The molecule has 0 aromatic heterocycles. The molecule has 2 N–H and O–H groups in total. The average molecular weight is 170 g/mol. The Hall–Kier alpha value is -1.06. The van der Waals surface area contributed by atoms with Gasteiger partial charge in [-0.15, -0.1) is 0 Å². The van der Waals surface area contributed by atoms with Crippen molar-refractivity contribution in [2.45, 2.75) is 26.3 Å². The Kier molecular flexibility index (Phi) is 2.68. The van der Waals surface area contributed by atoms with Gasteiger partial charge in [0.25, 0.3) is 0 Å². The van der Waals surface area contributed by atoms with Gasteiger partial charge in [-0.2, -0.15) is 0 Å². The number of carbonyl (C=O) groups is 2. The van der Waals surface area contributed by atoms with Crippen LogP contribution >= 0.6 is 0 Å². The van der Waals surface area contributed by atoms with Crippen LogP contribution in [0.1, 0.15) is 20.3 Å². The second-order valence-electron chi connectivity index (χ2n) is 3.30. The largest absolute Gasteiger partial charge is 0.338 e. The van der Waals surface area contributed by atoms with Crippen LogP contribution in [0.5, 0.6) is 0 Å². The lowest BCUT2D eigenvalue weighted by Crippen LogP contribution is -2.53. The fourth-order valence-electron chi connectivity index (χ4n) is 1.23. The van der Waals surface area contributed by atoms with E-state index >= 15 is 0 Å². The summed E-state index contributed by atoms with van der Waals surface area (Å²) >= 11 is 0. The fraction of sp³-hybridized carbons (Fsp3) is 0.750.